The van der Waals surface area contributed by atoms with Gasteiger partial charge in [-0.25, -0.2) is 0 Å². The standard InChI is InChI=1S/C15H24N4O.2ClH/c20-14(2-11-19-10-1-7-17-19)18-12-5-15(6-13-18)3-8-16-9-4-15;;/h1,7,10,16H,2-6,8-9,11-13H2;2*1H. The molecule has 2 aliphatic rings. The average molecular weight is 349 g/mol. The van der Waals surface area contributed by atoms with Gasteiger partial charge < -0.3 is 10.2 Å². The molecular formula is C15H26Cl2N4O. The lowest BCUT2D eigenvalue weighted by Gasteiger charge is -2.44. The number of aromatic nitrogens is 2. The summed E-state index contributed by atoms with van der Waals surface area (Å²) in [6.07, 6.45) is 9.16. The van der Waals surface area contributed by atoms with Crippen LogP contribution in [0.15, 0.2) is 18.5 Å². The SMILES string of the molecule is Cl.Cl.O=C(CCn1cccn1)N1CCC2(CCNCC2)CC1. The maximum Gasteiger partial charge on any atom is 0.224 e. The summed E-state index contributed by atoms with van der Waals surface area (Å²) >= 11 is 0. The average Bonchev–Trinajstić information content (AvgIpc) is 3.00. The van der Waals surface area contributed by atoms with Crippen LogP contribution in [-0.4, -0.2) is 46.8 Å². The predicted molar refractivity (Wildman–Crippen MR) is 91.7 cm³/mol. The Bertz CT molecular complexity index is 436. The van der Waals surface area contributed by atoms with Gasteiger partial charge in [0.15, 0.2) is 0 Å². The van der Waals surface area contributed by atoms with E-state index < -0.39 is 0 Å². The second kappa shape index (κ2) is 8.75. The Hall–Kier alpha value is -0.780. The maximum absolute atomic E-state index is 12.2. The summed E-state index contributed by atoms with van der Waals surface area (Å²) in [6, 6.07) is 1.90. The topological polar surface area (TPSA) is 50.2 Å². The molecule has 2 saturated heterocycles. The first-order valence-electron chi connectivity index (χ1n) is 7.73. The molecule has 0 unspecified atom stereocenters. The number of nitrogens with one attached hydrogen (secondary N) is 1. The van der Waals surface area contributed by atoms with Gasteiger partial charge in [-0.3, -0.25) is 9.48 Å². The quantitative estimate of drug-likeness (QED) is 0.909. The summed E-state index contributed by atoms with van der Waals surface area (Å²) in [5.41, 5.74) is 0.518. The third-order valence-electron chi connectivity index (χ3n) is 4.95. The van der Waals surface area contributed by atoms with E-state index in [9.17, 15) is 4.79 Å². The van der Waals surface area contributed by atoms with Crippen LogP contribution in [0.25, 0.3) is 0 Å². The molecule has 0 atom stereocenters. The summed E-state index contributed by atoms with van der Waals surface area (Å²) in [6.45, 7) is 4.87. The molecular weight excluding hydrogens is 323 g/mol. The van der Waals surface area contributed by atoms with Gasteiger partial charge in [-0.2, -0.15) is 5.10 Å². The van der Waals surface area contributed by atoms with Gasteiger partial charge in [0.25, 0.3) is 0 Å². The van der Waals surface area contributed by atoms with Gasteiger partial charge in [0.1, 0.15) is 0 Å². The summed E-state index contributed by atoms with van der Waals surface area (Å²) < 4.78 is 1.83. The highest BCUT2D eigenvalue weighted by Crippen LogP contribution is 2.39. The number of halogens is 2. The van der Waals surface area contributed by atoms with Crippen LogP contribution in [-0.2, 0) is 11.3 Å². The van der Waals surface area contributed by atoms with E-state index in [4.69, 9.17) is 0 Å². The normalized spacial score (nSPS) is 20.1. The molecule has 1 spiro atoms. The second-order valence-electron chi connectivity index (χ2n) is 6.15. The highest BCUT2D eigenvalue weighted by molar-refractivity contribution is 5.85. The van der Waals surface area contributed by atoms with E-state index in [1.54, 1.807) is 6.20 Å². The number of nitrogens with zero attached hydrogens (tertiary/aromatic N) is 3. The van der Waals surface area contributed by atoms with Gasteiger partial charge in [-0.15, -0.1) is 24.8 Å². The Balaban J connectivity index is 0.00000121. The molecule has 22 heavy (non-hydrogen) atoms. The van der Waals surface area contributed by atoms with Gasteiger partial charge >= 0.3 is 0 Å². The van der Waals surface area contributed by atoms with Crippen LogP contribution in [0.3, 0.4) is 0 Å². The molecule has 0 saturated carbocycles. The summed E-state index contributed by atoms with van der Waals surface area (Å²) in [5, 5.41) is 7.58. The van der Waals surface area contributed by atoms with Crippen LogP contribution in [0.5, 0.6) is 0 Å². The molecule has 2 aliphatic heterocycles. The monoisotopic (exact) mass is 348 g/mol. The highest BCUT2D eigenvalue weighted by atomic mass is 35.5. The van der Waals surface area contributed by atoms with Crippen LogP contribution in [0, 0.1) is 5.41 Å². The van der Waals surface area contributed by atoms with Crippen molar-refractivity contribution >= 4 is 30.7 Å². The molecule has 1 aromatic heterocycles. The van der Waals surface area contributed by atoms with E-state index in [0.717, 1.165) is 26.2 Å². The number of aryl methyl sites for hydroxylation is 1. The molecule has 5 nitrogen and oxygen atoms in total. The number of rotatable bonds is 3. The third kappa shape index (κ3) is 4.61. The first-order chi connectivity index (χ1) is 9.77. The van der Waals surface area contributed by atoms with Crippen molar-refractivity contribution < 1.29 is 4.79 Å². The molecule has 1 aromatic rings. The largest absolute Gasteiger partial charge is 0.343 e. The van der Waals surface area contributed by atoms with E-state index in [-0.39, 0.29) is 30.7 Å². The van der Waals surface area contributed by atoms with Crippen molar-refractivity contribution in [2.75, 3.05) is 26.2 Å². The van der Waals surface area contributed by atoms with E-state index >= 15 is 0 Å². The Labute approximate surface area is 144 Å². The fourth-order valence-corrected chi connectivity index (χ4v) is 3.49. The van der Waals surface area contributed by atoms with E-state index in [0.29, 0.717) is 18.4 Å². The first-order valence-corrected chi connectivity index (χ1v) is 7.73. The van der Waals surface area contributed by atoms with E-state index in [1.165, 1.54) is 25.7 Å². The van der Waals surface area contributed by atoms with Crippen LogP contribution in [0.1, 0.15) is 32.1 Å². The molecule has 0 bridgehead atoms. The van der Waals surface area contributed by atoms with Gasteiger partial charge in [0, 0.05) is 38.4 Å². The Morgan fingerprint density at radius 1 is 1.14 bits per heavy atom. The predicted octanol–water partition coefficient (Wildman–Crippen LogP) is 2.11. The molecule has 1 amide bonds. The number of hydrogen-bond donors (Lipinski definition) is 1. The summed E-state index contributed by atoms with van der Waals surface area (Å²) in [7, 11) is 0. The lowest BCUT2D eigenvalue weighted by Crippen LogP contribution is -2.47. The van der Waals surface area contributed by atoms with Crippen molar-refractivity contribution in [3.63, 3.8) is 0 Å². The van der Waals surface area contributed by atoms with Crippen LogP contribution < -0.4 is 5.32 Å². The number of hydrogen-bond acceptors (Lipinski definition) is 3. The minimum Gasteiger partial charge on any atom is -0.343 e. The van der Waals surface area contributed by atoms with Gasteiger partial charge in [0.2, 0.25) is 5.91 Å². The van der Waals surface area contributed by atoms with E-state index in [1.807, 2.05) is 16.9 Å². The van der Waals surface area contributed by atoms with Crippen LogP contribution in [0.2, 0.25) is 0 Å². The van der Waals surface area contributed by atoms with E-state index in [2.05, 4.69) is 15.3 Å². The number of carbonyl (C=O) groups excluding carboxylic acids is 1. The summed E-state index contributed by atoms with van der Waals surface area (Å²) in [5.74, 6) is 0.282. The lowest BCUT2D eigenvalue weighted by molar-refractivity contribution is -0.134. The van der Waals surface area contributed by atoms with Crippen molar-refractivity contribution in [3.05, 3.63) is 18.5 Å². The third-order valence-corrected chi connectivity index (χ3v) is 4.95. The van der Waals surface area contributed by atoms with Crippen molar-refractivity contribution in [3.8, 4) is 0 Å². The molecule has 7 heteroatoms. The van der Waals surface area contributed by atoms with Crippen molar-refractivity contribution in [1.29, 1.82) is 0 Å². The van der Waals surface area contributed by atoms with Gasteiger partial charge in [-0.1, -0.05) is 0 Å². The molecule has 126 valence electrons. The van der Waals surface area contributed by atoms with Crippen LogP contribution in [0.4, 0.5) is 0 Å². The highest BCUT2D eigenvalue weighted by Gasteiger charge is 2.36. The number of carbonyl (C=O) groups is 1. The maximum atomic E-state index is 12.2. The van der Waals surface area contributed by atoms with Crippen molar-refractivity contribution in [2.45, 2.75) is 38.6 Å². The minimum absolute atomic E-state index is 0. The Morgan fingerprint density at radius 2 is 1.82 bits per heavy atom. The number of piperidine rings is 2. The van der Waals surface area contributed by atoms with Crippen LogP contribution >= 0.6 is 24.8 Å². The second-order valence-corrected chi connectivity index (χ2v) is 6.15. The molecule has 3 rings (SSSR count). The number of likely N-dealkylation sites (tertiary alicyclic amines) is 1. The van der Waals surface area contributed by atoms with Crippen molar-refractivity contribution in [1.82, 2.24) is 20.0 Å². The molecule has 0 aliphatic carbocycles. The Morgan fingerprint density at radius 3 is 2.41 bits per heavy atom. The molecule has 0 aromatic carbocycles. The number of amides is 1. The first kappa shape index (κ1) is 19.3. The zero-order valence-corrected chi connectivity index (χ0v) is 14.5. The zero-order chi connectivity index (χ0) is 13.8. The molecule has 3 heterocycles. The van der Waals surface area contributed by atoms with Crippen molar-refractivity contribution in [2.24, 2.45) is 5.41 Å². The van der Waals surface area contributed by atoms with Gasteiger partial charge in [-0.05, 0) is 50.3 Å². The fraction of sp³-hybridized carbons (Fsp3) is 0.733. The summed E-state index contributed by atoms with van der Waals surface area (Å²) in [4.78, 5) is 14.3. The molecule has 0 radical (unpaired) electrons. The zero-order valence-electron chi connectivity index (χ0n) is 12.9. The van der Waals surface area contributed by atoms with Gasteiger partial charge in [0.05, 0.1) is 0 Å². The molecule has 1 N–H and O–H groups in total. The smallest absolute Gasteiger partial charge is 0.224 e. The fourth-order valence-electron chi connectivity index (χ4n) is 3.49. The minimum atomic E-state index is 0. The Kier molecular flexibility index (Phi) is 7.66. The lowest BCUT2D eigenvalue weighted by atomic mass is 9.71. The molecule has 2 fully saturated rings.